The van der Waals surface area contributed by atoms with Gasteiger partial charge in [-0.15, -0.1) is 0 Å². The summed E-state index contributed by atoms with van der Waals surface area (Å²) in [6, 6.07) is 0. The van der Waals surface area contributed by atoms with E-state index in [9.17, 15) is 38.6 Å². The van der Waals surface area contributed by atoms with Crippen LogP contribution < -0.4 is 20.4 Å². The Labute approximate surface area is 178 Å². The van der Waals surface area contributed by atoms with Crippen LogP contribution in [0.25, 0.3) is 11.2 Å². The predicted octanol–water partition coefficient (Wildman–Crippen LogP) is -2.87. The number of aliphatic hydroxyl groups is 2. The normalized spacial score (nSPS) is 29.4. The number of fused-ring (bicyclic) bond motifs is 1. The molecule has 2 aromatic heterocycles. The van der Waals surface area contributed by atoms with E-state index in [1.54, 1.807) is 0 Å². The van der Waals surface area contributed by atoms with E-state index >= 15 is 0 Å². The number of hydrogen-bond donors (Lipinski definition) is 3. The molecule has 3 rings (SSSR count). The number of nitrogens with zero attached hydrogens (tertiary/aromatic N) is 4. The summed E-state index contributed by atoms with van der Waals surface area (Å²) in [6.45, 7) is -1.03. The molecular weight excluding hydrogens is 503 g/mol. The Kier molecular flexibility index (Phi) is 7.20. The van der Waals surface area contributed by atoms with Gasteiger partial charge in [0.15, 0.2) is 17.7 Å². The van der Waals surface area contributed by atoms with E-state index in [1.807, 2.05) is 0 Å². The predicted molar refractivity (Wildman–Crippen MR) is 93.6 cm³/mol. The molecule has 4 N–H and O–H groups in total. The van der Waals surface area contributed by atoms with Crippen molar-refractivity contribution in [2.45, 2.75) is 24.5 Å². The van der Waals surface area contributed by atoms with E-state index in [1.165, 1.54) is 10.9 Å². The molecule has 32 heavy (non-hydrogen) atoms. The molecule has 0 spiro atoms. The lowest BCUT2D eigenvalue weighted by Gasteiger charge is -2.34. The Morgan fingerprint density at radius 1 is 1.09 bits per heavy atom. The molecule has 0 aromatic carbocycles. The quantitative estimate of drug-likeness (QED) is 0.281. The standard InChI is InChI=1S/C11H18N5O13P3/c1-25-30(19,20)28-32(23,24)29-31(21,22)26-2-5-7(17)8(18)11(27-5)16-4-15-6-9(12)13-3-14-10(6)16/h3-5,7-8,11,17-18H,2H2,1H3,(H,19,20)(H,21,22)(H,23,24)(H2,12,13,14)/p-3/t5-,7+,8?,11-/m1/s1. The number of nitrogen functional groups attached to an aromatic ring is 1. The molecule has 3 heterocycles. The zero-order chi connectivity index (χ0) is 23.9. The van der Waals surface area contributed by atoms with Crippen LogP contribution in [-0.4, -0.2) is 61.8 Å². The molecule has 1 aliphatic heterocycles. The van der Waals surface area contributed by atoms with Crippen LogP contribution in [0.4, 0.5) is 5.82 Å². The van der Waals surface area contributed by atoms with E-state index in [4.69, 9.17) is 10.5 Å². The molecule has 180 valence electrons. The van der Waals surface area contributed by atoms with Crippen LogP contribution >= 0.6 is 23.5 Å². The van der Waals surface area contributed by atoms with Gasteiger partial charge in [-0.05, 0) is 0 Å². The van der Waals surface area contributed by atoms with Gasteiger partial charge in [0.05, 0.1) is 12.9 Å². The molecule has 7 atom stereocenters. The Hall–Kier alpha value is -1.36. The van der Waals surface area contributed by atoms with Crippen molar-refractivity contribution in [1.82, 2.24) is 19.5 Å². The Morgan fingerprint density at radius 3 is 2.41 bits per heavy atom. The maximum atomic E-state index is 11.7. The first-order valence-electron chi connectivity index (χ1n) is 8.26. The summed E-state index contributed by atoms with van der Waals surface area (Å²) in [5.74, 6) is 0.0338. The fraction of sp³-hybridized carbons (Fsp3) is 0.545. The number of imidazole rings is 1. The summed E-state index contributed by atoms with van der Waals surface area (Å²) in [6.07, 6.45) is -3.84. The van der Waals surface area contributed by atoms with Crippen LogP contribution in [0.2, 0.25) is 0 Å². The van der Waals surface area contributed by atoms with Crippen molar-refractivity contribution in [3.05, 3.63) is 12.7 Å². The van der Waals surface area contributed by atoms with Crippen molar-refractivity contribution < 1.29 is 61.0 Å². The number of hydrogen-bond acceptors (Lipinski definition) is 17. The van der Waals surface area contributed by atoms with Gasteiger partial charge in [-0.1, -0.05) is 0 Å². The first kappa shape index (κ1) is 25.3. The lowest BCUT2D eigenvalue weighted by molar-refractivity contribution is -0.251. The highest BCUT2D eigenvalue weighted by Gasteiger charge is 2.45. The summed E-state index contributed by atoms with van der Waals surface area (Å²) in [4.78, 5) is 45.8. The van der Waals surface area contributed by atoms with Crippen molar-refractivity contribution in [3.63, 3.8) is 0 Å². The lowest BCUT2D eigenvalue weighted by atomic mass is 10.1. The monoisotopic (exact) mass is 518 g/mol. The molecule has 0 bridgehead atoms. The minimum atomic E-state index is -5.97. The molecule has 21 heteroatoms. The van der Waals surface area contributed by atoms with Crippen LogP contribution in [0, 0.1) is 0 Å². The Morgan fingerprint density at radius 2 is 1.75 bits per heavy atom. The van der Waals surface area contributed by atoms with Crippen LogP contribution in [-0.2, 0) is 36.1 Å². The second kappa shape index (κ2) is 9.12. The number of ether oxygens (including phenoxy) is 1. The van der Waals surface area contributed by atoms with Gasteiger partial charge in [0, 0.05) is 7.11 Å². The summed E-state index contributed by atoms with van der Waals surface area (Å²) in [5, 5.41) is 20.4. The largest absolute Gasteiger partial charge is 0.756 e. The third-order valence-corrected chi connectivity index (χ3v) is 8.13. The molecule has 18 nitrogen and oxygen atoms in total. The third kappa shape index (κ3) is 5.58. The molecule has 0 aliphatic carbocycles. The highest BCUT2D eigenvalue weighted by molar-refractivity contribution is 7.65. The van der Waals surface area contributed by atoms with Crippen molar-refractivity contribution in [3.8, 4) is 0 Å². The van der Waals surface area contributed by atoms with Crippen LogP contribution in [0.5, 0.6) is 0 Å². The minimum Gasteiger partial charge on any atom is -0.756 e. The van der Waals surface area contributed by atoms with Crippen molar-refractivity contribution >= 4 is 40.4 Å². The zero-order valence-electron chi connectivity index (χ0n) is 15.8. The van der Waals surface area contributed by atoms with Crippen LogP contribution in [0.3, 0.4) is 0 Å². The average Bonchev–Trinajstić information content (AvgIpc) is 3.21. The second-order valence-electron chi connectivity index (χ2n) is 6.11. The topological polar surface area (TPSA) is 277 Å². The fourth-order valence-corrected chi connectivity index (χ4v) is 5.77. The molecule has 1 saturated heterocycles. The summed E-state index contributed by atoms with van der Waals surface area (Å²) in [5.41, 5.74) is 5.98. The molecule has 2 aromatic rings. The molecule has 0 amide bonds. The average molecular weight is 518 g/mol. The van der Waals surface area contributed by atoms with E-state index in [-0.39, 0.29) is 17.0 Å². The van der Waals surface area contributed by atoms with E-state index in [0.29, 0.717) is 7.11 Å². The lowest BCUT2D eigenvalue weighted by Crippen LogP contribution is -2.34. The van der Waals surface area contributed by atoms with Gasteiger partial charge < -0.3 is 44.4 Å². The van der Waals surface area contributed by atoms with Gasteiger partial charge >= 0.3 is 0 Å². The van der Waals surface area contributed by atoms with Gasteiger partial charge in [-0.2, -0.15) is 0 Å². The van der Waals surface area contributed by atoms with E-state index in [0.717, 1.165) is 6.33 Å². The fourth-order valence-electron chi connectivity index (χ4n) is 2.63. The van der Waals surface area contributed by atoms with E-state index in [2.05, 4.69) is 32.6 Å². The molecule has 1 fully saturated rings. The highest BCUT2D eigenvalue weighted by atomic mass is 31.3. The number of nitrogens with two attached hydrogens (primary N) is 1. The number of aromatic nitrogens is 4. The van der Waals surface area contributed by atoms with E-state index < -0.39 is 54.6 Å². The van der Waals surface area contributed by atoms with Crippen LogP contribution in [0.15, 0.2) is 12.7 Å². The molecule has 4 unspecified atom stereocenters. The zero-order valence-corrected chi connectivity index (χ0v) is 18.4. The van der Waals surface area contributed by atoms with Gasteiger partial charge in [0.2, 0.25) is 0 Å². The third-order valence-electron chi connectivity index (χ3n) is 4.02. The van der Waals surface area contributed by atoms with Gasteiger partial charge in [0.25, 0.3) is 23.5 Å². The molecule has 0 radical (unpaired) electrons. The highest BCUT2D eigenvalue weighted by Crippen LogP contribution is 2.62. The minimum absolute atomic E-state index is 0.0338. The number of anilines is 1. The summed E-state index contributed by atoms with van der Waals surface area (Å²) in [7, 11) is -16.5. The van der Waals surface area contributed by atoms with Gasteiger partial charge in [-0.3, -0.25) is 18.3 Å². The molecular formula is C11H15N5O13P3-3. The van der Waals surface area contributed by atoms with Crippen molar-refractivity contribution in [2.24, 2.45) is 0 Å². The smallest absolute Gasteiger partial charge is 0.280 e. The van der Waals surface area contributed by atoms with Gasteiger partial charge in [0.1, 0.15) is 30.2 Å². The first-order valence-corrected chi connectivity index (χ1v) is 12.6. The number of phosphoric acid groups is 3. The number of phosphoric ester groups is 2. The second-order valence-corrected chi connectivity index (χ2v) is 10.7. The summed E-state index contributed by atoms with van der Waals surface area (Å²) >= 11 is 0. The SMILES string of the molecule is COP(=O)([O-])OP(=O)([O-])OP(=O)([O-])OC[C@H]1O[C@@H](n2cnc3c(N)ncnc32)C(O)[C@H]1O. The van der Waals surface area contributed by atoms with Crippen molar-refractivity contribution in [1.29, 1.82) is 0 Å². The first-order chi connectivity index (χ1) is 14.8. The summed E-state index contributed by atoms with van der Waals surface area (Å²) < 4.78 is 55.9. The Bertz CT molecular complexity index is 1130. The van der Waals surface area contributed by atoms with Crippen LogP contribution in [0.1, 0.15) is 6.23 Å². The molecule has 1 aliphatic rings. The maximum absolute atomic E-state index is 11.7. The Balaban J connectivity index is 1.68. The van der Waals surface area contributed by atoms with Gasteiger partial charge in [-0.25, -0.2) is 23.6 Å². The number of aliphatic hydroxyl groups excluding tert-OH is 2. The maximum Gasteiger partial charge on any atom is 0.280 e. The van der Waals surface area contributed by atoms with Crippen molar-refractivity contribution in [2.75, 3.05) is 19.5 Å². The molecule has 0 saturated carbocycles. The number of rotatable bonds is 9.